The fourth-order valence-corrected chi connectivity index (χ4v) is 11.1. The van der Waals surface area contributed by atoms with E-state index in [0.29, 0.717) is 28.4 Å². The first kappa shape index (κ1) is 25.0. The largest absolute Gasteiger partial charge is 0.396 e. The van der Waals surface area contributed by atoms with Crippen LogP contribution >= 0.6 is 0 Å². The smallest absolute Gasteiger partial charge is 0.138 e. The number of carbonyl (C=O) groups is 1. The first-order valence-electron chi connectivity index (χ1n) is 14.0. The number of aliphatic hydroxyl groups is 3. The van der Waals surface area contributed by atoms with E-state index in [4.69, 9.17) is 0 Å². The normalized spacial score (nSPS) is 49.1. The average Bonchev–Trinajstić information content (AvgIpc) is 3.36. The Labute approximate surface area is 206 Å². The minimum Gasteiger partial charge on any atom is -0.396 e. The Morgan fingerprint density at radius 1 is 0.941 bits per heavy atom. The van der Waals surface area contributed by atoms with Crippen LogP contribution in [0.2, 0.25) is 0 Å². The van der Waals surface area contributed by atoms with Gasteiger partial charge in [-0.15, -0.1) is 0 Å². The van der Waals surface area contributed by atoms with E-state index in [9.17, 15) is 20.1 Å². The van der Waals surface area contributed by atoms with Crippen LogP contribution in [0.1, 0.15) is 99.3 Å². The van der Waals surface area contributed by atoms with E-state index >= 15 is 0 Å². The summed E-state index contributed by atoms with van der Waals surface area (Å²) in [6.45, 7) is 13.2. The van der Waals surface area contributed by atoms with E-state index in [0.717, 1.165) is 37.7 Å². The number of rotatable bonds is 5. The molecule has 5 fully saturated rings. The fraction of sp³-hybridized carbons (Fsp3) is 0.900. The molecule has 5 aliphatic carbocycles. The van der Waals surface area contributed by atoms with E-state index in [1.807, 2.05) is 13.8 Å². The zero-order valence-electron chi connectivity index (χ0n) is 22.4. The molecule has 0 aromatic heterocycles. The van der Waals surface area contributed by atoms with Crippen LogP contribution in [-0.2, 0) is 4.79 Å². The summed E-state index contributed by atoms with van der Waals surface area (Å²) in [7, 11) is 0. The van der Waals surface area contributed by atoms with Crippen molar-refractivity contribution < 1.29 is 20.1 Å². The van der Waals surface area contributed by atoms with Gasteiger partial charge < -0.3 is 15.3 Å². The summed E-state index contributed by atoms with van der Waals surface area (Å²) in [4.78, 5) is 12.9. The van der Waals surface area contributed by atoms with Gasteiger partial charge in [-0.1, -0.05) is 39.3 Å². The minimum absolute atomic E-state index is 0.0542. The van der Waals surface area contributed by atoms with Crippen LogP contribution in [0, 0.1) is 50.7 Å². The summed E-state index contributed by atoms with van der Waals surface area (Å²) in [6.07, 6.45) is 9.94. The van der Waals surface area contributed by atoms with Gasteiger partial charge in [-0.3, -0.25) is 4.79 Å². The van der Waals surface area contributed by atoms with Crippen molar-refractivity contribution in [3.8, 4) is 0 Å². The Morgan fingerprint density at radius 2 is 1.59 bits per heavy atom. The van der Waals surface area contributed by atoms with Crippen molar-refractivity contribution in [3.63, 3.8) is 0 Å². The molecule has 0 saturated heterocycles. The van der Waals surface area contributed by atoms with Crippen molar-refractivity contribution in [2.24, 2.45) is 50.7 Å². The molecule has 0 aromatic rings. The molecule has 10 atom stereocenters. The van der Waals surface area contributed by atoms with Crippen LogP contribution in [0.15, 0.2) is 11.6 Å². The van der Waals surface area contributed by atoms with Gasteiger partial charge in [0.15, 0.2) is 0 Å². The topological polar surface area (TPSA) is 77.8 Å². The van der Waals surface area contributed by atoms with E-state index in [1.54, 1.807) is 6.08 Å². The molecular formula is C30H48O4. The zero-order valence-corrected chi connectivity index (χ0v) is 22.4. The van der Waals surface area contributed by atoms with Gasteiger partial charge in [0.25, 0.3) is 0 Å². The summed E-state index contributed by atoms with van der Waals surface area (Å²) < 4.78 is 0. The fourth-order valence-electron chi connectivity index (χ4n) is 11.1. The van der Waals surface area contributed by atoms with Crippen molar-refractivity contribution in [1.82, 2.24) is 0 Å². The third kappa shape index (κ3) is 2.91. The Balaban J connectivity index is 1.45. The molecule has 5 rings (SSSR count). The van der Waals surface area contributed by atoms with Crippen molar-refractivity contribution in [2.75, 3.05) is 6.61 Å². The van der Waals surface area contributed by atoms with Gasteiger partial charge in [-0.05, 0) is 105 Å². The molecule has 0 amide bonds. The number of hydrogen-bond acceptors (Lipinski definition) is 4. The second kappa shape index (κ2) is 7.65. The molecule has 0 heterocycles. The minimum atomic E-state index is -0.937. The van der Waals surface area contributed by atoms with E-state index in [2.05, 4.69) is 27.7 Å². The lowest BCUT2D eigenvalue weighted by Gasteiger charge is -2.62. The van der Waals surface area contributed by atoms with Gasteiger partial charge in [0.2, 0.25) is 0 Å². The molecule has 0 aliphatic heterocycles. The van der Waals surface area contributed by atoms with Crippen LogP contribution in [-0.4, -0.2) is 39.9 Å². The number of hydrogen-bond donors (Lipinski definition) is 3. The number of fused-ring (bicyclic) bond motifs is 2. The standard InChI is InChI=1S/C30H48O4/c1-18(2)15-21(32)25(34)19(16-31)20-9-11-28(6)23-8-7-22-26(3,4)24(33)10-12-29(22)17-30(23,29)14-13-27(20,28)5/h15,19-23,25,31-32,34H,7-14,16-17H2,1-6H3/t19-,20+,21+,22-,23-,25-,27+,28-,29+,30-/m0/s1. The second-order valence-electron chi connectivity index (χ2n) is 14.4. The number of ketones is 1. The van der Waals surface area contributed by atoms with Crippen LogP contribution in [0.3, 0.4) is 0 Å². The van der Waals surface area contributed by atoms with Crippen LogP contribution < -0.4 is 0 Å². The highest BCUT2D eigenvalue weighted by Gasteiger charge is 2.82. The summed E-state index contributed by atoms with van der Waals surface area (Å²) in [5, 5.41) is 32.2. The monoisotopic (exact) mass is 472 g/mol. The molecule has 0 radical (unpaired) electrons. The Morgan fingerprint density at radius 3 is 2.24 bits per heavy atom. The highest BCUT2D eigenvalue weighted by molar-refractivity contribution is 5.86. The SMILES string of the molecule is CC(C)=C[C@@H](O)[C@@H](O)[C@@H](CO)[C@H]1CC[C@@]2(C)[C@@H]3CC[C@H]4C(C)(C)C(=O)CC[C@@]45C[C@@]35CC[C@]12C. The van der Waals surface area contributed by atoms with Gasteiger partial charge in [-0.2, -0.15) is 0 Å². The number of Topliss-reactive ketones (excluding diaryl/α,β-unsaturated/α-hetero) is 1. The molecule has 2 spiro atoms. The van der Waals surface area contributed by atoms with Crippen LogP contribution in [0.4, 0.5) is 0 Å². The molecular weight excluding hydrogens is 424 g/mol. The average molecular weight is 473 g/mol. The van der Waals surface area contributed by atoms with Crippen LogP contribution in [0.25, 0.3) is 0 Å². The molecule has 3 N–H and O–H groups in total. The third-order valence-corrected chi connectivity index (χ3v) is 12.9. The Bertz CT molecular complexity index is 888. The predicted molar refractivity (Wildman–Crippen MR) is 134 cm³/mol. The summed E-state index contributed by atoms with van der Waals surface area (Å²) in [5.41, 5.74) is 1.80. The second-order valence-corrected chi connectivity index (χ2v) is 14.4. The molecule has 4 heteroatoms. The van der Waals surface area contributed by atoms with Gasteiger partial charge in [-0.25, -0.2) is 0 Å². The molecule has 34 heavy (non-hydrogen) atoms. The zero-order chi connectivity index (χ0) is 24.9. The quantitative estimate of drug-likeness (QED) is 0.475. The first-order valence-corrected chi connectivity index (χ1v) is 14.0. The summed E-state index contributed by atoms with van der Waals surface area (Å²) in [6, 6.07) is 0. The van der Waals surface area contributed by atoms with Crippen molar-refractivity contribution in [1.29, 1.82) is 0 Å². The molecule has 192 valence electrons. The van der Waals surface area contributed by atoms with E-state index < -0.39 is 12.2 Å². The number of carbonyl (C=O) groups excluding carboxylic acids is 1. The van der Waals surface area contributed by atoms with Gasteiger partial charge >= 0.3 is 0 Å². The van der Waals surface area contributed by atoms with Crippen molar-refractivity contribution >= 4 is 5.78 Å². The molecule has 0 unspecified atom stereocenters. The lowest BCUT2D eigenvalue weighted by Crippen LogP contribution is -2.57. The molecule has 4 nitrogen and oxygen atoms in total. The number of aliphatic hydroxyl groups excluding tert-OH is 3. The maximum absolute atomic E-state index is 12.9. The van der Waals surface area contributed by atoms with Crippen molar-refractivity contribution in [3.05, 3.63) is 11.6 Å². The lowest BCUT2D eigenvalue weighted by atomic mass is 9.42. The summed E-state index contributed by atoms with van der Waals surface area (Å²) in [5.74, 6) is 1.59. The maximum atomic E-state index is 12.9. The van der Waals surface area contributed by atoms with Gasteiger partial charge in [0.05, 0.1) is 12.2 Å². The third-order valence-electron chi connectivity index (χ3n) is 12.9. The van der Waals surface area contributed by atoms with Crippen LogP contribution in [0.5, 0.6) is 0 Å². The molecule has 5 saturated carbocycles. The maximum Gasteiger partial charge on any atom is 0.138 e. The molecule has 5 aliphatic rings. The van der Waals surface area contributed by atoms with Crippen molar-refractivity contribution in [2.45, 2.75) is 112 Å². The highest BCUT2D eigenvalue weighted by atomic mass is 16.3. The highest BCUT2D eigenvalue weighted by Crippen LogP contribution is 2.88. The van der Waals surface area contributed by atoms with E-state index in [1.165, 1.54) is 25.7 Å². The Hall–Kier alpha value is -0.710. The number of allylic oxidation sites excluding steroid dienone is 1. The molecule has 0 bridgehead atoms. The van der Waals surface area contributed by atoms with Gasteiger partial charge in [0.1, 0.15) is 5.78 Å². The lowest BCUT2D eigenvalue weighted by molar-refractivity contribution is -0.161. The van der Waals surface area contributed by atoms with Gasteiger partial charge in [0, 0.05) is 24.4 Å². The first-order chi connectivity index (χ1) is 15.8. The summed E-state index contributed by atoms with van der Waals surface area (Å²) >= 11 is 0. The molecule has 0 aromatic carbocycles. The van der Waals surface area contributed by atoms with E-state index in [-0.39, 0.29) is 34.7 Å². The predicted octanol–water partition coefficient (Wildman–Crippen LogP) is 5.29. The Kier molecular flexibility index (Phi) is 5.62.